The number of hydrogen-bond donors (Lipinski definition) is 2. The molecule has 162 valence electrons. The Balaban J connectivity index is 1.89. The lowest BCUT2D eigenvalue weighted by Gasteiger charge is -2.38. The quantitative estimate of drug-likeness (QED) is 0.375. The molecule has 0 bridgehead atoms. The van der Waals surface area contributed by atoms with Crippen LogP contribution < -0.4 is 10.9 Å². The van der Waals surface area contributed by atoms with Crippen LogP contribution in [0, 0.1) is 5.41 Å². The summed E-state index contributed by atoms with van der Waals surface area (Å²) in [6.45, 7) is 12.3. The molecule has 4 rings (SSSR count). The number of aromatic nitrogens is 2. The van der Waals surface area contributed by atoms with E-state index in [2.05, 4.69) is 56.7 Å². The average Bonchev–Trinajstić information content (AvgIpc) is 2.69. The maximum atomic E-state index is 13.3. The summed E-state index contributed by atoms with van der Waals surface area (Å²) in [7, 11) is 0. The minimum atomic E-state index is -0.411. The van der Waals surface area contributed by atoms with Crippen molar-refractivity contribution in [3.63, 3.8) is 0 Å². The van der Waals surface area contributed by atoms with Crippen LogP contribution in [0.2, 0.25) is 0 Å². The van der Waals surface area contributed by atoms with E-state index in [0.29, 0.717) is 40.2 Å². The van der Waals surface area contributed by atoms with Gasteiger partial charge < -0.3 is 10.3 Å². The van der Waals surface area contributed by atoms with Crippen molar-refractivity contribution in [2.75, 3.05) is 11.1 Å². The molecule has 2 N–H and O–H groups in total. The topological polar surface area (TPSA) is 74.8 Å². The van der Waals surface area contributed by atoms with Crippen molar-refractivity contribution in [1.29, 1.82) is 0 Å². The summed E-state index contributed by atoms with van der Waals surface area (Å²) in [6.07, 6.45) is 3.00. The van der Waals surface area contributed by atoms with Gasteiger partial charge in [-0.1, -0.05) is 69.8 Å². The van der Waals surface area contributed by atoms with Gasteiger partial charge in [-0.3, -0.25) is 9.59 Å². The number of allylic oxidation sites excluding steroid dienone is 2. The third-order valence-corrected chi connectivity index (χ3v) is 6.84. The SMILES string of the molecule is C=CCSc1nc2c(c(=O)[nH]1)C(c1ccc(C(C)C)cc1)C1=C(CC(C)(C)CC1=O)N2. The van der Waals surface area contributed by atoms with Gasteiger partial charge >= 0.3 is 0 Å². The molecule has 1 unspecified atom stereocenters. The second-order valence-corrected chi connectivity index (χ2v) is 10.5. The molecule has 0 saturated heterocycles. The lowest BCUT2D eigenvalue weighted by Crippen LogP contribution is -2.37. The highest BCUT2D eigenvalue weighted by Gasteiger charge is 2.42. The van der Waals surface area contributed by atoms with Crippen molar-refractivity contribution in [1.82, 2.24) is 9.97 Å². The van der Waals surface area contributed by atoms with Crippen LogP contribution in [0.5, 0.6) is 0 Å². The monoisotopic (exact) mass is 435 g/mol. The van der Waals surface area contributed by atoms with Gasteiger partial charge in [0.1, 0.15) is 5.82 Å². The number of ketones is 1. The molecule has 1 aliphatic heterocycles. The van der Waals surface area contributed by atoms with E-state index in [1.54, 1.807) is 6.08 Å². The highest BCUT2D eigenvalue weighted by Crippen LogP contribution is 2.47. The van der Waals surface area contributed by atoms with E-state index in [-0.39, 0.29) is 16.8 Å². The molecule has 0 saturated carbocycles. The molecule has 0 fully saturated rings. The molecule has 5 nitrogen and oxygen atoms in total. The van der Waals surface area contributed by atoms with Gasteiger partial charge in [0.15, 0.2) is 10.9 Å². The molecular formula is C25H29N3O2S. The predicted molar refractivity (Wildman–Crippen MR) is 127 cm³/mol. The lowest BCUT2D eigenvalue weighted by molar-refractivity contribution is -0.118. The number of nitrogens with zero attached hydrogens (tertiary/aromatic N) is 1. The Morgan fingerprint density at radius 1 is 1.23 bits per heavy atom. The van der Waals surface area contributed by atoms with Gasteiger partial charge in [0.2, 0.25) is 0 Å². The van der Waals surface area contributed by atoms with Crippen LogP contribution in [0.1, 0.15) is 69.1 Å². The molecule has 1 aromatic carbocycles. The fraction of sp³-hybridized carbons (Fsp3) is 0.400. The molecule has 1 aliphatic carbocycles. The van der Waals surface area contributed by atoms with Crippen LogP contribution in [0.4, 0.5) is 5.82 Å². The first kappa shape index (κ1) is 21.6. The Bertz CT molecular complexity index is 1130. The highest BCUT2D eigenvalue weighted by atomic mass is 32.2. The molecule has 2 aromatic rings. The molecule has 2 heterocycles. The fourth-order valence-corrected chi connectivity index (χ4v) is 5.10. The molecule has 0 spiro atoms. The van der Waals surface area contributed by atoms with E-state index in [1.165, 1.54) is 17.3 Å². The Morgan fingerprint density at radius 2 is 1.94 bits per heavy atom. The number of benzene rings is 1. The maximum absolute atomic E-state index is 13.3. The van der Waals surface area contributed by atoms with Crippen LogP contribution >= 0.6 is 11.8 Å². The van der Waals surface area contributed by atoms with E-state index in [4.69, 9.17) is 4.98 Å². The van der Waals surface area contributed by atoms with Gasteiger partial charge in [-0.15, -0.1) is 6.58 Å². The number of carbonyl (C=O) groups excluding carboxylic acids is 1. The summed E-state index contributed by atoms with van der Waals surface area (Å²) in [4.78, 5) is 34.1. The molecular weight excluding hydrogens is 406 g/mol. The van der Waals surface area contributed by atoms with Crippen molar-refractivity contribution in [3.05, 3.63) is 75.2 Å². The number of hydrogen-bond acceptors (Lipinski definition) is 5. The molecule has 6 heteroatoms. The van der Waals surface area contributed by atoms with Gasteiger partial charge in [-0.2, -0.15) is 0 Å². The molecule has 1 atom stereocenters. The maximum Gasteiger partial charge on any atom is 0.257 e. The molecule has 0 radical (unpaired) electrons. The molecule has 2 aliphatic rings. The van der Waals surface area contributed by atoms with Crippen molar-refractivity contribution < 1.29 is 4.79 Å². The summed E-state index contributed by atoms with van der Waals surface area (Å²) in [6, 6.07) is 8.28. The predicted octanol–water partition coefficient (Wildman–Crippen LogP) is 5.37. The molecule has 1 aromatic heterocycles. The smallest absolute Gasteiger partial charge is 0.257 e. The Morgan fingerprint density at radius 3 is 2.58 bits per heavy atom. The Labute approximate surface area is 187 Å². The zero-order valence-electron chi connectivity index (χ0n) is 18.5. The Hall–Kier alpha value is -2.60. The van der Waals surface area contributed by atoms with Crippen molar-refractivity contribution >= 4 is 23.4 Å². The largest absolute Gasteiger partial charge is 0.343 e. The zero-order chi connectivity index (χ0) is 22.3. The minimum absolute atomic E-state index is 0.104. The first-order valence-electron chi connectivity index (χ1n) is 10.7. The van der Waals surface area contributed by atoms with Gasteiger partial charge in [0.05, 0.1) is 5.56 Å². The van der Waals surface area contributed by atoms with Crippen LogP contribution in [0.15, 0.2) is 58.1 Å². The summed E-state index contributed by atoms with van der Waals surface area (Å²) in [5, 5.41) is 3.91. The van der Waals surface area contributed by atoms with Gasteiger partial charge in [0.25, 0.3) is 5.56 Å². The molecule has 0 amide bonds. The number of nitrogens with one attached hydrogen (secondary N) is 2. The van der Waals surface area contributed by atoms with E-state index in [0.717, 1.165) is 17.7 Å². The fourth-order valence-electron chi connectivity index (χ4n) is 4.51. The van der Waals surface area contributed by atoms with Gasteiger partial charge in [-0.25, -0.2) is 4.98 Å². The van der Waals surface area contributed by atoms with E-state index < -0.39 is 5.92 Å². The number of carbonyl (C=O) groups is 1. The number of H-pyrrole nitrogens is 1. The summed E-state index contributed by atoms with van der Waals surface area (Å²) in [5.74, 6) is 1.31. The first-order chi connectivity index (χ1) is 14.7. The van der Waals surface area contributed by atoms with Gasteiger partial charge in [-0.05, 0) is 28.9 Å². The summed E-state index contributed by atoms with van der Waals surface area (Å²) in [5.41, 5.74) is 3.97. The number of Topliss-reactive ketones (excluding diaryl/α,β-unsaturated/α-hetero) is 1. The van der Waals surface area contributed by atoms with Crippen LogP contribution in [0.25, 0.3) is 0 Å². The standard InChI is InChI=1S/C25H29N3O2S/c1-6-11-31-24-27-22-21(23(30)28-24)19(16-9-7-15(8-10-16)14(2)3)20-17(26-22)12-25(4,5)13-18(20)29/h6-10,14,19H,1,11-13H2,2-5H3,(H2,26,27,28,30). The van der Waals surface area contributed by atoms with E-state index in [1.807, 2.05) is 12.1 Å². The van der Waals surface area contributed by atoms with Crippen molar-refractivity contribution in [2.45, 2.75) is 57.5 Å². The van der Waals surface area contributed by atoms with Gasteiger partial charge in [0, 0.05) is 29.4 Å². The van der Waals surface area contributed by atoms with Crippen molar-refractivity contribution in [2.24, 2.45) is 5.41 Å². The van der Waals surface area contributed by atoms with Crippen LogP contribution in [-0.2, 0) is 4.79 Å². The zero-order valence-corrected chi connectivity index (χ0v) is 19.4. The van der Waals surface area contributed by atoms with Crippen LogP contribution in [0.3, 0.4) is 0 Å². The second kappa shape index (κ2) is 8.15. The molecule has 31 heavy (non-hydrogen) atoms. The third-order valence-electron chi connectivity index (χ3n) is 5.97. The number of rotatable bonds is 5. The number of aromatic amines is 1. The second-order valence-electron chi connectivity index (χ2n) is 9.45. The Kier molecular flexibility index (Phi) is 5.69. The van der Waals surface area contributed by atoms with E-state index >= 15 is 0 Å². The van der Waals surface area contributed by atoms with Crippen molar-refractivity contribution in [3.8, 4) is 0 Å². The number of fused-ring (bicyclic) bond motifs is 1. The normalized spacial score (nSPS) is 19.6. The lowest BCUT2D eigenvalue weighted by atomic mass is 9.69. The number of thioether (sulfide) groups is 1. The minimum Gasteiger partial charge on any atom is -0.343 e. The summed E-state index contributed by atoms with van der Waals surface area (Å²) < 4.78 is 0. The average molecular weight is 436 g/mol. The first-order valence-corrected chi connectivity index (χ1v) is 11.7. The van der Waals surface area contributed by atoms with Crippen LogP contribution in [-0.4, -0.2) is 21.5 Å². The highest BCUT2D eigenvalue weighted by molar-refractivity contribution is 7.99. The number of anilines is 1. The third kappa shape index (κ3) is 4.13. The van der Waals surface area contributed by atoms with E-state index in [9.17, 15) is 9.59 Å². The summed E-state index contributed by atoms with van der Waals surface area (Å²) >= 11 is 1.43.